The van der Waals surface area contributed by atoms with Crippen molar-refractivity contribution in [2.45, 2.75) is 46.1 Å². The first-order valence-corrected chi connectivity index (χ1v) is 6.83. The maximum atomic E-state index is 5.57. The van der Waals surface area contributed by atoms with Crippen LogP contribution in [-0.2, 0) is 5.41 Å². The fraction of sp³-hybridized carbons (Fsp3) is 0.412. The van der Waals surface area contributed by atoms with Gasteiger partial charge in [-0.25, -0.2) is 0 Å². The molecule has 2 nitrogen and oxygen atoms in total. The molecular formula is C17H23NO. The Morgan fingerprint density at radius 3 is 2.37 bits per heavy atom. The molecule has 0 aliphatic rings. The third-order valence-corrected chi connectivity index (χ3v) is 3.12. The fourth-order valence-corrected chi connectivity index (χ4v) is 2.08. The molecule has 2 rings (SSSR count). The summed E-state index contributed by atoms with van der Waals surface area (Å²) in [4.78, 5) is 0. The highest BCUT2D eigenvalue weighted by Crippen LogP contribution is 2.33. The normalized spacial score (nSPS) is 11.9. The van der Waals surface area contributed by atoms with Crippen LogP contribution in [0.2, 0.25) is 0 Å². The van der Waals surface area contributed by atoms with Crippen LogP contribution in [-0.4, -0.2) is 6.04 Å². The Balaban J connectivity index is 2.51. The van der Waals surface area contributed by atoms with Crippen molar-refractivity contribution >= 4 is 5.69 Å². The number of rotatable bonds is 3. The summed E-state index contributed by atoms with van der Waals surface area (Å²) in [6.45, 7) is 11.0. The van der Waals surface area contributed by atoms with Crippen LogP contribution in [0.3, 0.4) is 0 Å². The third-order valence-electron chi connectivity index (χ3n) is 3.12. The maximum absolute atomic E-state index is 5.57. The Kier molecular flexibility index (Phi) is 3.70. The number of hydrogen-bond donors (Lipinski definition) is 1. The van der Waals surface area contributed by atoms with E-state index in [1.54, 1.807) is 6.26 Å². The average Bonchev–Trinajstić information content (AvgIpc) is 2.80. The molecule has 0 bridgehead atoms. The molecule has 0 atom stereocenters. The van der Waals surface area contributed by atoms with Crippen LogP contribution in [0.1, 0.15) is 40.2 Å². The SMILES string of the molecule is CC(C)Nc1ccc(C(C)(C)C)cc1-c1ccco1. The summed E-state index contributed by atoms with van der Waals surface area (Å²) in [5.41, 5.74) is 3.70. The second-order valence-corrected chi connectivity index (χ2v) is 6.29. The summed E-state index contributed by atoms with van der Waals surface area (Å²) in [7, 11) is 0. The summed E-state index contributed by atoms with van der Waals surface area (Å²) in [6.07, 6.45) is 1.72. The van der Waals surface area contributed by atoms with Gasteiger partial charge in [0, 0.05) is 17.3 Å². The Bertz CT molecular complexity index is 533. The molecule has 1 aromatic carbocycles. The molecule has 0 amide bonds. The predicted octanol–water partition coefficient (Wildman–Crippen LogP) is 5.06. The van der Waals surface area contributed by atoms with Gasteiger partial charge in [-0.15, -0.1) is 0 Å². The quantitative estimate of drug-likeness (QED) is 0.831. The van der Waals surface area contributed by atoms with Gasteiger partial charge < -0.3 is 9.73 Å². The lowest BCUT2D eigenvalue weighted by molar-refractivity contribution is 0.578. The van der Waals surface area contributed by atoms with Gasteiger partial charge in [-0.1, -0.05) is 26.8 Å². The summed E-state index contributed by atoms with van der Waals surface area (Å²) in [5, 5.41) is 3.48. The first-order valence-electron chi connectivity index (χ1n) is 6.83. The molecule has 0 aliphatic carbocycles. The lowest BCUT2D eigenvalue weighted by Crippen LogP contribution is -2.14. The number of benzene rings is 1. The van der Waals surface area contributed by atoms with Gasteiger partial charge >= 0.3 is 0 Å². The van der Waals surface area contributed by atoms with Crippen molar-refractivity contribution in [3.63, 3.8) is 0 Å². The zero-order chi connectivity index (χ0) is 14.0. The van der Waals surface area contributed by atoms with E-state index in [9.17, 15) is 0 Å². The van der Waals surface area contributed by atoms with Gasteiger partial charge in [0.15, 0.2) is 0 Å². The number of furan rings is 1. The van der Waals surface area contributed by atoms with E-state index in [0.717, 1.165) is 17.0 Å². The number of anilines is 1. The van der Waals surface area contributed by atoms with Gasteiger partial charge in [-0.3, -0.25) is 0 Å². The van der Waals surface area contributed by atoms with E-state index < -0.39 is 0 Å². The third kappa shape index (κ3) is 3.19. The highest BCUT2D eigenvalue weighted by Gasteiger charge is 2.17. The Labute approximate surface area is 115 Å². The van der Waals surface area contributed by atoms with Crippen LogP contribution in [0.15, 0.2) is 41.0 Å². The molecule has 102 valence electrons. The maximum Gasteiger partial charge on any atom is 0.135 e. The molecule has 1 aromatic heterocycles. The van der Waals surface area contributed by atoms with Crippen molar-refractivity contribution in [2.24, 2.45) is 0 Å². The molecular weight excluding hydrogens is 234 g/mol. The van der Waals surface area contributed by atoms with E-state index in [1.807, 2.05) is 12.1 Å². The zero-order valence-electron chi connectivity index (χ0n) is 12.4. The molecule has 0 saturated carbocycles. The van der Waals surface area contributed by atoms with E-state index in [-0.39, 0.29) is 5.41 Å². The number of hydrogen-bond acceptors (Lipinski definition) is 2. The van der Waals surface area contributed by atoms with E-state index >= 15 is 0 Å². The van der Waals surface area contributed by atoms with Crippen LogP contribution >= 0.6 is 0 Å². The van der Waals surface area contributed by atoms with Gasteiger partial charge in [-0.05, 0) is 49.1 Å². The van der Waals surface area contributed by atoms with Crippen LogP contribution < -0.4 is 5.32 Å². The lowest BCUT2D eigenvalue weighted by atomic mass is 9.85. The second kappa shape index (κ2) is 5.12. The van der Waals surface area contributed by atoms with Gasteiger partial charge in [0.1, 0.15) is 5.76 Å². The highest BCUT2D eigenvalue weighted by molar-refractivity contribution is 5.75. The van der Waals surface area contributed by atoms with Crippen molar-refractivity contribution in [3.05, 3.63) is 42.2 Å². The first-order chi connectivity index (χ1) is 8.88. The standard InChI is InChI=1S/C17H23NO/c1-12(2)18-15-9-8-13(17(3,4)5)11-14(15)16-7-6-10-19-16/h6-12,18H,1-5H3. The van der Waals surface area contributed by atoms with Crippen LogP contribution in [0.25, 0.3) is 11.3 Å². The van der Waals surface area contributed by atoms with E-state index in [0.29, 0.717) is 6.04 Å². The topological polar surface area (TPSA) is 25.2 Å². The largest absolute Gasteiger partial charge is 0.464 e. The molecule has 1 N–H and O–H groups in total. The second-order valence-electron chi connectivity index (χ2n) is 6.29. The molecule has 1 heterocycles. The monoisotopic (exact) mass is 257 g/mol. The lowest BCUT2D eigenvalue weighted by Gasteiger charge is -2.22. The molecule has 0 unspecified atom stereocenters. The van der Waals surface area contributed by atoms with E-state index in [2.05, 4.69) is 58.1 Å². The molecule has 0 saturated heterocycles. The Hall–Kier alpha value is -1.70. The van der Waals surface area contributed by atoms with Crippen molar-refractivity contribution in [1.82, 2.24) is 0 Å². The van der Waals surface area contributed by atoms with Gasteiger partial charge in [-0.2, -0.15) is 0 Å². The van der Waals surface area contributed by atoms with Crippen LogP contribution in [0, 0.1) is 0 Å². The minimum Gasteiger partial charge on any atom is -0.464 e. The fourth-order valence-electron chi connectivity index (χ4n) is 2.08. The van der Waals surface area contributed by atoms with Gasteiger partial charge in [0.25, 0.3) is 0 Å². The summed E-state index contributed by atoms with van der Waals surface area (Å²) in [5.74, 6) is 0.911. The van der Waals surface area contributed by atoms with Gasteiger partial charge in [0.05, 0.1) is 6.26 Å². The molecule has 0 spiro atoms. The minimum absolute atomic E-state index is 0.137. The average molecular weight is 257 g/mol. The zero-order valence-corrected chi connectivity index (χ0v) is 12.4. The summed E-state index contributed by atoms with van der Waals surface area (Å²) in [6, 6.07) is 10.9. The Morgan fingerprint density at radius 1 is 1.11 bits per heavy atom. The predicted molar refractivity (Wildman–Crippen MR) is 81.6 cm³/mol. The highest BCUT2D eigenvalue weighted by atomic mass is 16.3. The molecule has 0 fully saturated rings. The molecule has 2 heteroatoms. The smallest absolute Gasteiger partial charge is 0.135 e. The van der Waals surface area contributed by atoms with Crippen LogP contribution in [0.5, 0.6) is 0 Å². The van der Waals surface area contributed by atoms with E-state index in [1.165, 1.54) is 5.56 Å². The summed E-state index contributed by atoms with van der Waals surface area (Å²) < 4.78 is 5.57. The molecule has 19 heavy (non-hydrogen) atoms. The van der Waals surface area contributed by atoms with Crippen molar-refractivity contribution in [1.29, 1.82) is 0 Å². The first kappa shape index (κ1) is 13.7. The number of nitrogens with one attached hydrogen (secondary N) is 1. The molecule has 0 radical (unpaired) electrons. The summed E-state index contributed by atoms with van der Waals surface area (Å²) >= 11 is 0. The van der Waals surface area contributed by atoms with Crippen molar-refractivity contribution in [3.8, 4) is 11.3 Å². The Morgan fingerprint density at radius 2 is 1.84 bits per heavy atom. The minimum atomic E-state index is 0.137. The van der Waals surface area contributed by atoms with Crippen molar-refractivity contribution < 1.29 is 4.42 Å². The van der Waals surface area contributed by atoms with Crippen LogP contribution in [0.4, 0.5) is 5.69 Å². The van der Waals surface area contributed by atoms with Crippen molar-refractivity contribution in [2.75, 3.05) is 5.32 Å². The molecule has 2 aromatic rings. The van der Waals surface area contributed by atoms with Gasteiger partial charge in [0.2, 0.25) is 0 Å². The molecule has 0 aliphatic heterocycles. The van der Waals surface area contributed by atoms with E-state index in [4.69, 9.17) is 4.42 Å².